The van der Waals surface area contributed by atoms with Crippen molar-refractivity contribution in [2.24, 2.45) is 26.4 Å². The lowest BCUT2D eigenvalue weighted by Crippen LogP contribution is -2.64. The maximum Gasteiger partial charge on any atom is 0.230 e. The first-order valence-corrected chi connectivity index (χ1v) is 9.04. The lowest BCUT2D eigenvalue weighted by molar-refractivity contribution is -0.0338. The molecule has 3 rings (SSSR count). The maximum atomic E-state index is 10.5. The molecule has 10 heteroatoms. The monoisotopic (exact) mass is 367 g/mol. The largest absolute Gasteiger partial charge is 0.388 e. The first-order chi connectivity index (χ1) is 12.4. The van der Waals surface area contributed by atoms with Crippen LogP contribution in [0.2, 0.25) is 0 Å². The van der Waals surface area contributed by atoms with Gasteiger partial charge in [-0.2, -0.15) is 0 Å². The predicted molar refractivity (Wildman–Crippen MR) is 98.9 cm³/mol. The van der Waals surface area contributed by atoms with E-state index < -0.39 is 30.2 Å². The molecule has 146 valence electrons. The van der Waals surface area contributed by atoms with Gasteiger partial charge in [-0.1, -0.05) is 6.92 Å². The number of nitrogens with two attached hydrogens (primary N) is 2. The fourth-order valence-electron chi connectivity index (χ4n) is 3.73. The van der Waals surface area contributed by atoms with Crippen molar-refractivity contribution in [1.29, 1.82) is 0 Å². The number of ether oxygens (including phenoxy) is 1. The minimum Gasteiger partial charge on any atom is -0.388 e. The van der Waals surface area contributed by atoms with Gasteiger partial charge in [-0.15, -0.1) is 0 Å². The quantitative estimate of drug-likeness (QED) is 0.437. The van der Waals surface area contributed by atoms with E-state index in [-0.39, 0.29) is 6.67 Å². The molecule has 5 atom stereocenters. The summed E-state index contributed by atoms with van der Waals surface area (Å²) >= 11 is 0. The van der Waals surface area contributed by atoms with Crippen LogP contribution >= 0.6 is 0 Å². The highest BCUT2D eigenvalue weighted by Gasteiger charge is 2.57. The molecule has 6 N–H and O–H groups in total. The minimum absolute atomic E-state index is 0.192. The van der Waals surface area contributed by atoms with Crippen molar-refractivity contribution in [3.05, 3.63) is 0 Å². The number of aliphatic hydroxyl groups excluding tert-OH is 2. The Morgan fingerprint density at radius 2 is 2.08 bits per heavy atom. The number of aliphatic imine (C=N–C) groups is 3. The normalized spacial score (nSPS) is 36.9. The number of nitrogens with zero attached hydrogens (tertiary/aromatic N) is 5. The van der Waals surface area contributed by atoms with E-state index in [1.807, 2.05) is 18.9 Å². The van der Waals surface area contributed by atoms with Crippen LogP contribution in [0.4, 0.5) is 0 Å². The second-order valence-electron chi connectivity index (χ2n) is 6.87. The SMILES string of the molecule is CCC1=NC2(N(C)CCCN)C(N)=NCN=C2N1[C@@H]1O[C@H](C)[C@@H](O)[C@H]1O. The second kappa shape index (κ2) is 7.20. The van der Waals surface area contributed by atoms with Gasteiger partial charge in [0.1, 0.15) is 30.5 Å². The number of hydrogen-bond donors (Lipinski definition) is 4. The Morgan fingerprint density at radius 3 is 2.65 bits per heavy atom. The smallest absolute Gasteiger partial charge is 0.230 e. The van der Waals surface area contributed by atoms with E-state index in [4.69, 9.17) is 21.2 Å². The van der Waals surface area contributed by atoms with Crippen LogP contribution in [0.3, 0.4) is 0 Å². The van der Waals surface area contributed by atoms with Crippen molar-refractivity contribution in [3.63, 3.8) is 0 Å². The third kappa shape index (κ3) is 2.72. The molecule has 1 unspecified atom stereocenters. The summed E-state index contributed by atoms with van der Waals surface area (Å²) in [6.45, 7) is 5.09. The van der Waals surface area contributed by atoms with Crippen LogP contribution in [-0.4, -0.2) is 94.5 Å². The van der Waals surface area contributed by atoms with Crippen LogP contribution in [-0.2, 0) is 4.74 Å². The fraction of sp³-hybridized carbons (Fsp3) is 0.812. The lowest BCUT2D eigenvalue weighted by Gasteiger charge is -2.40. The van der Waals surface area contributed by atoms with E-state index in [1.54, 1.807) is 11.8 Å². The van der Waals surface area contributed by atoms with Crippen molar-refractivity contribution in [2.45, 2.75) is 56.9 Å². The highest BCUT2D eigenvalue weighted by atomic mass is 16.6. The van der Waals surface area contributed by atoms with E-state index in [0.29, 0.717) is 37.0 Å². The molecule has 26 heavy (non-hydrogen) atoms. The molecule has 1 fully saturated rings. The number of fused-ring (bicyclic) bond motifs is 1. The molecule has 10 nitrogen and oxygen atoms in total. The molecule has 1 saturated heterocycles. The van der Waals surface area contributed by atoms with Crippen LogP contribution in [0.1, 0.15) is 26.7 Å². The number of amidine groups is 3. The average Bonchev–Trinajstić information content (AvgIpc) is 3.10. The topological polar surface area (TPSA) is 145 Å². The Morgan fingerprint density at radius 1 is 1.35 bits per heavy atom. The van der Waals surface area contributed by atoms with Crippen molar-refractivity contribution in [1.82, 2.24) is 9.80 Å². The first kappa shape index (κ1) is 19.2. The van der Waals surface area contributed by atoms with Crippen molar-refractivity contribution in [2.75, 3.05) is 26.8 Å². The van der Waals surface area contributed by atoms with Gasteiger partial charge in [-0.25, -0.2) is 15.0 Å². The summed E-state index contributed by atoms with van der Waals surface area (Å²) in [5.41, 5.74) is 10.9. The van der Waals surface area contributed by atoms with Gasteiger partial charge < -0.3 is 26.4 Å². The van der Waals surface area contributed by atoms with Crippen LogP contribution in [0.15, 0.2) is 15.0 Å². The molecular formula is C16H29N7O3. The van der Waals surface area contributed by atoms with Gasteiger partial charge in [-0.3, -0.25) is 9.80 Å². The summed E-state index contributed by atoms with van der Waals surface area (Å²) in [7, 11) is 1.91. The first-order valence-electron chi connectivity index (χ1n) is 9.04. The van der Waals surface area contributed by atoms with E-state index in [0.717, 1.165) is 6.42 Å². The number of aliphatic hydroxyl groups is 2. The van der Waals surface area contributed by atoms with Crippen LogP contribution in [0.25, 0.3) is 0 Å². The molecule has 0 aromatic rings. The summed E-state index contributed by atoms with van der Waals surface area (Å²) in [5.74, 6) is 1.62. The van der Waals surface area contributed by atoms with Crippen LogP contribution in [0, 0.1) is 0 Å². The molecule has 3 aliphatic heterocycles. The summed E-state index contributed by atoms with van der Waals surface area (Å²) in [4.78, 5) is 17.5. The molecule has 0 aliphatic carbocycles. The molecule has 0 bridgehead atoms. The zero-order chi connectivity index (χ0) is 19.1. The van der Waals surface area contributed by atoms with Gasteiger partial charge in [0.25, 0.3) is 0 Å². The van der Waals surface area contributed by atoms with Crippen molar-refractivity contribution in [3.8, 4) is 0 Å². The molecule has 0 spiro atoms. The fourth-order valence-corrected chi connectivity index (χ4v) is 3.73. The van der Waals surface area contributed by atoms with E-state index in [1.165, 1.54) is 0 Å². The zero-order valence-corrected chi connectivity index (χ0v) is 15.5. The Bertz CT molecular complexity index is 637. The summed E-state index contributed by atoms with van der Waals surface area (Å²) < 4.78 is 5.84. The number of hydrogen-bond acceptors (Lipinski definition) is 10. The highest BCUT2D eigenvalue weighted by molar-refractivity contribution is 6.23. The van der Waals surface area contributed by atoms with Crippen molar-refractivity contribution >= 4 is 17.5 Å². The van der Waals surface area contributed by atoms with Gasteiger partial charge in [0.15, 0.2) is 12.1 Å². The van der Waals surface area contributed by atoms with Crippen molar-refractivity contribution < 1.29 is 14.9 Å². The number of likely N-dealkylation sites (N-methyl/N-ethyl adjacent to an activating group) is 1. The molecule has 3 heterocycles. The number of rotatable bonds is 6. The molecule has 0 aromatic carbocycles. The van der Waals surface area contributed by atoms with Gasteiger partial charge in [-0.05, 0) is 26.9 Å². The molecule has 0 radical (unpaired) electrons. The highest BCUT2D eigenvalue weighted by Crippen LogP contribution is 2.36. The zero-order valence-electron chi connectivity index (χ0n) is 15.5. The third-order valence-electron chi connectivity index (χ3n) is 5.23. The Labute approximate surface area is 153 Å². The van der Waals surface area contributed by atoms with E-state index in [9.17, 15) is 10.2 Å². The Kier molecular flexibility index (Phi) is 5.31. The predicted octanol–water partition coefficient (Wildman–Crippen LogP) is -1.72. The summed E-state index contributed by atoms with van der Waals surface area (Å²) in [5, 5.41) is 20.6. The Hall–Kier alpha value is -1.59. The van der Waals surface area contributed by atoms with Gasteiger partial charge >= 0.3 is 0 Å². The third-order valence-corrected chi connectivity index (χ3v) is 5.23. The lowest BCUT2D eigenvalue weighted by atomic mass is 10.0. The second-order valence-corrected chi connectivity index (χ2v) is 6.87. The molecule has 0 amide bonds. The van der Waals surface area contributed by atoms with Gasteiger partial charge in [0.2, 0.25) is 5.66 Å². The van der Waals surface area contributed by atoms with Crippen LogP contribution < -0.4 is 11.5 Å². The molecular weight excluding hydrogens is 338 g/mol. The van der Waals surface area contributed by atoms with E-state index in [2.05, 4.69) is 9.98 Å². The van der Waals surface area contributed by atoms with Crippen LogP contribution in [0.5, 0.6) is 0 Å². The van der Waals surface area contributed by atoms with Gasteiger partial charge in [0.05, 0.1) is 6.10 Å². The van der Waals surface area contributed by atoms with Gasteiger partial charge in [0, 0.05) is 13.0 Å². The molecule has 0 saturated carbocycles. The average molecular weight is 367 g/mol. The summed E-state index contributed by atoms with van der Waals surface area (Å²) in [6.07, 6.45) is -1.95. The standard InChI is InChI=1S/C16H29N7O3/c1-4-10-21-16(22(3)7-5-6-17)14(18)19-8-20-15(16)23(10)13-12(25)11(24)9(2)26-13/h9,11-13,24-25H,4-8,17H2,1-3H3,(H2,18,19)/t9-,11-,12-,13-,16?/m1/s1. The maximum absolute atomic E-state index is 10.5. The van der Waals surface area contributed by atoms with E-state index >= 15 is 0 Å². The summed E-state index contributed by atoms with van der Waals surface area (Å²) in [6, 6.07) is 0. The minimum atomic E-state index is -1.07. The molecule has 3 aliphatic rings. The Balaban J connectivity index is 2.02. The molecule has 0 aromatic heterocycles.